The maximum atomic E-state index is 14.4. The van der Waals surface area contributed by atoms with Gasteiger partial charge in [0.25, 0.3) is 11.5 Å². The predicted octanol–water partition coefficient (Wildman–Crippen LogP) is 8.43. The molecule has 0 amide bonds. The zero-order valence-electron chi connectivity index (χ0n) is 26.9. The molecule has 0 bridgehead atoms. The fraction of sp³-hybridized carbons (Fsp3) is 0.429. The number of allylic oxidation sites excluding steroid dienone is 5. The summed E-state index contributed by atoms with van der Waals surface area (Å²) in [4.78, 5) is 25.7. The van der Waals surface area contributed by atoms with E-state index < -0.39 is 29.8 Å². The van der Waals surface area contributed by atoms with Crippen LogP contribution in [0, 0.1) is 25.7 Å². The number of methoxy groups -OCH3 is 2. The molecule has 0 saturated heterocycles. The van der Waals surface area contributed by atoms with E-state index in [9.17, 15) is 22.8 Å². The van der Waals surface area contributed by atoms with Crippen LogP contribution in [0.5, 0.6) is 5.95 Å². The van der Waals surface area contributed by atoms with Crippen LogP contribution in [0.25, 0.3) is 6.08 Å². The topological polar surface area (TPSA) is 75.0 Å². The van der Waals surface area contributed by atoms with Gasteiger partial charge in [0.2, 0.25) is 0 Å². The van der Waals surface area contributed by atoms with E-state index in [4.69, 9.17) is 18.6 Å². The molecule has 2 aromatic rings. The van der Waals surface area contributed by atoms with E-state index in [1.807, 2.05) is 38.2 Å². The number of hydrogen-bond donors (Lipinski definition) is 0. The Kier molecular flexibility index (Phi) is 13.0. The van der Waals surface area contributed by atoms with Gasteiger partial charge in [0.1, 0.15) is 11.9 Å². The Labute approximate surface area is 257 Å². The third-order valence-corrected chi connectivity index (χ3v) is 7.52. The molecule has 44 heavy (non-hydrogen) atoms. The zero-order chi connectivity index (χ0) is 33.2. The summed E-state index contributed by atoms with van der Waals surface area (Å²) < 4.78 is 64.6. The molecule has 1 aromatic carbocycles. The smallest absolute Gasteiger partial charge is 0.432 e. The van der Waals surface area contributed by atoms with Gasteiger partial charge in [0, 0.05) is 24.2 Å². The largest absolute Gasteiger partial charge is 0.468 e. The zero-order valence-corrected chi connectivity index (χ0v) is 26.9. The van der Waals surface area contributed by atoms with Crippen LogP contribution >= 0.6 is 0 Å². The lowest BCUT2D eigenvalue weighted by Gasteiger charge is -2.35. The Morgan fingerprint density at radius 1 is 1.05 bits per heavy atom. The van der Waals surface area contributed by atoms with Crippen molar-refractivity contribution in [3.05, 3.63) is 105 Å². The van der Waals surface area contributed by atoms with Crippen LogP contribution in [-0.4, -0.2) is 32.5 Å². The van der Waals surface area contributed by atoms with Crippen LogP contribution in [0.4, 0.5) is 13.2 Å². The van der Waals surface area contributed by atoms with Crippen molar-refractivity contribution in [3.63, 3.8) is 0 Å². The molecule has 0 saturated carbocycles. The van der Waals surface area contributed by atoms with E-state index in [0.29, 0.717) is 28.9 Å². The van der Waals surface area contributed by atoms with Crippen molar-refractivity contribution in [2.24, 2.45) is 11.8 Å². The van der Waals surface area contributed by atoms with E-state index in [-0.39, 0.29) is 22.9 Å². The number of halogens is 3. The van der Waals surface area contributed by atoms with Gasteiger partial charge < -0.3 is 18.6 Å². The molecule has 9 heteroatoms. The lowest BCUT2D eigenvalue weighted by atomic mass is 9.91. The lowest BCUT2D eigenvalue weighted by molar-refractivity contribution is -0.278. The molecule has 4 atom stereocenters. The first kappa shape index (κ1) is 36.3. The Morgan fingerprint density at radius 3 is 2.23 bits per heavy atom. The molecule has 1 aromatic heterocycles. The minimum atomic E-state index is -5.06. The van der Waals surface area contributed by atoms with Gasteiger partial charge in [-0.1, -0.05) is 80.1 Å². The van der Waals surface area contributed by atoms with Gasteiger partial charge >= 0.3 is 12.1 Å². The van der Waals surface area contributed by atoms with Crippen molar-refractivity contribution >= 4 is 12.0 Å². The highest BCUT2D eigenvalue weighted by Crippen LogP contribution is 2.43. The van der Waals surface area contributed by atoms with E-state index in [2.05, 4.69) is 0 Å². The van der Waals surface area contributed by atoms with Crippen molar-refractivity contribution < 1.29 is 36.6 Å². The van der Waals surface area contributed by atoms with Gasteiger partial charge in [0.05, 0.1) is 12.7 Å². The molecule has 6 nitrogen and oxygen atoms in total. The van der Waals surface area contributed by atoms with Crippen molar-refractivity contribution in [1.29, 1.82) is 0 Å². The standard InChI is InChI=1S/C35H43F3O6/c1-10-24(4)31(44-33(40)34(42-9,35(36,37)38)28-17-12-11-13-18-28)25(5)21-23(3)16-14-15-22(2)19-20-29-26(6)30(39)27(7)32(41-8)43-29/h10-14,16-22,25,31H,15H2,1-9H3/b16-14+,20-19+,23-21+,24-10+/t22?,25-,31+,34+/m1/s1. The number of ether oxygens (including phenoxy) is 3. The van der Waals surface area contributed by atoms with E-state index >= 15 is 0 Å². The van der Waals surface area contributed by atoms with Crippen molar-refractivity contribution in [3.8, 4) is 5.95 Å². The highest BCUT2D eigenvalue weighted by Gasteiger charge is 2.64. The maximum absolute atomic E-state index is 14.4. The number of carbonyl (C=O) groups is 1. The molecular formula is C35H43F3O6. The summed E-state index contributed by atoms with van der Waals surface area (Å²) in [5.74, 6) is -1.25. The van der Waals surface area contributed by atoms with Crippen LogP contribution in [0.15, 0.2) is 81.1 Å². The SMILES string of the molecule is C/C=C(\C)[C@H](OC(=O)[C@@](OC)(c1ccccc1)C(F)(F)F)[C@H](C)/C=C(C)/C=C/CC(C)/C=C/c1oc(OC)c(C)c(=O)c1C. The van der Waals surface area contributed by atoms with Crippen LogP contribution < -0.4 is 10.2 Å². The maximum Gasteiger partial charge on any atom is 0.432 e. The van der Waals surface area contributed by atoms with Gasteiger partial charge in [-0.15, -0.1) is 0 Å². The second-order valence-electron chi connectivity index (χ2n) is 10.9. The first-order chi connectivity index (χ1) is 20.6. The Hall–Kier alpha value is -3.85. The highest BCUT2D eigenvalue weighted by molar-refractivity contribution is 5.83. The molecule has 240 valence electrons. The van der Waals surface area contributed by atoms with Gasteiger partial charge in [-0.3, -0.25) is 4.79 Å². The van der Waals surface area contributed by atoms with Crippen LogP contribution in [-0.2, 0) is 19.9 Å². The molecule has 0 aliphatic carbocycles. The molecule has 2 rings (SSSR count). The molecule has 0 aliphatic heterocycles. The summed E-state index contributed by atoms with van der Waals surface area (Å²) in [5, 5.41) is 0. The molecular weight excluding hydrogens is 573 g/mol. The van der Waals surface area contributed by atoms with Crippen LogP contribution in [0.2, 0.25) is 0 Å². The number of esters is 1. The third-order valence-electron chi connectivity index (χ3n) is 7.52. The molecule has 0 radical (unpaired) electrons. The van der Waals surface area contributed by atoms with Crippen LogP contribution in [0.1, 0.15) is 63.5 Å². The predicted molar refractivity (Wildman–Crippen MR) is 166 cm³/mol. The summed E-state index contributed by atoms with van der Waals surface area (Å²) in [7, 11) is 2.30. The number of alkyl halides is 3. The van der Waals surface area contributed by atoms with E-state index in [1.165, 1.54) is 31.4 Å². The Balaban J connectivity index is 2.22. The fourth-order valence-corrected chi connectivity index (χ4v) is 4.81. The summed E-state index contributed by atoms with van der Waals surface area (Å²) >= 11 is 0. The van der Waals surface area contributed by atoms with Gasteiger partial charge in [-0.05, 0) is 58.6 Å². The summed E-state index contributed by atoms with van der Waals surface area (Å²) in [6.07, 6.45) is 5.80. The minimum Gasteiger partial charge on any atom is -0.468 e. The number of hydrogen-bond acceptors (Lipinski definition) is 6. The number of carbonyl (C=O) groups excluding carboxylic acids is 1. The second-order valence-corrected chi connectivity index (χ2v) is 10.9. The second kappa shape index (κ2) is 15.7. The third kappa shape index (κ3) is 8.40. The Morgan fingerprint density at radius 2 is 1.68 bits per heavy atom. The van der Waals surface area contributed by atoms with Gasteiger partial charge in [-0.2, -0.15) is 13.2 Å². The molecule has 0 fully saturated rings. The van der Waals surface area contributed by atoms with Crippen molar-refractivity contribution in [2.45, 2.75) is 72.8 Å². The van der Waals surface area contributed by atoms with Crippen LogP contribution in [0.3, 0.4) is 0 Å². The Bertz CT molecular complexity index is 1450. The van der Waals surface area contributed by atoms with E-state index in [1.54, 1.807) is 52.8 Å². The molecule has 0 aliphatic rings. The number of benzene rings is 1. The quantitative estimate of drug-likeness (QED) is 0.128. The van der Waals surface area contributed by atoms with Gasteiger partial charge in [-0.25, -0.2) is 4.79 Å². The minimum absolute atomic E-state index is 0.106. The lowest BCUT2D eigenvalue weighted by Crippen LogP contribution is -2.53. The molecule has 1 heterocycles. The summed E-state index contributed by atoms with van der Waals surface area (Å²) in [6, 6.07) is 6.76. The first-order valence-electron chi connectivity index (χ1n) is 14.4. The average molecular weight is 617 g/mol. The first-order valence-corrected chi connectivity index (χ1v) is 14.4. The fourth-order valence-electron chi connectivity index (χ4n) is 4.81. The normalized spacial score (nSPS) is 16.5. The molecule has 1 unspecified atom stereocenters. The highest BCUT2D eigenvalue weighted by atomic mass is 19.4. The molecule has 0 spiro atoms. The number of rotatable bonds is 13. The van der Waals surface area contributed by atoms with Crippen molar-refractivity contribution in [1.82, 2.24) is 0 Å². The monoisotopic (exact) mass is 616 g/mol. The molecule has 0 N–H and O–H groups in total. The van der Waals surface area contributed by atoms with Crippen molar-refractivity contribution in [2.75, 3.05) is 14.2 Å². The van der Waals surface area contributed by atoms with E-state index in [0.717, 1.165) is 12.7 Å². The summed E-state index contributed by atoms with van der Waals surface area (Å²) in [6.45, 7) is 12.5. The average Bonchev–Trinajstić information content (AvgIpc) is 2.98. The van der Waals surface area contributed by atoms with Gasteiger partial charge in [0.15, 0.2) is 5.43 Å². The summed E-state index contributed by atoms with van der Waals surface area (Å²) in [5.41, 5.74) is -1.38.